The summed E-state index contributed by atoms with van der Waals surface area (Å²) in [5, 5.41) is 24.3. The van der Waals surface area contributed by atoms with Gasteiger partial charge in [-0.1, -0.05) is 19.9 Å². The predicted molar refractivity (Wildman–Crippen MR) is 108 cm³/mol. The molecule has 0 amide bonds. The monoisotopic (exact) mass is 454 g/mol. The topological polar surface area (TPSA) is 85.4 Å². The van der Waals surface area contributed by atoms with Crippen molar-refractivity contribution in [2.75, 3.05) is 5.32 Å². The zero-order valence-electron chi connectivity index (χ0n) is 16.9. The van der Waals surface area contributed by atoms with Crippen LogP contribution in [0.5, 0.6) is 5.75 Å². The van der Waals surface area contributed by atoms with Crippen LogP contribution in [-0.4, -0.2) is 27.0 Å². The predicted octanol–water partition coefficient (Wildman–Crippen LogP) is 4.71. The summed E-state index contributed by atoms with van der Waals surface area (Å²) in [4.78, 5) is 14.6. The molecule has 4 unspecified atom stereocenters. The van der Waals surface area contributed by atoms with Gasteiger partial charge < -0.3 is 20.5 Å². The summed E-state index contributed by atoms with van der Waals surface area (Å²) in [6.45, 7) is 2.43. The van der Waals surface area contributed by atoms with Gasteiger partial charge >= 0.3 is 6.18 Å². The third-order valence-electron chi connectivity index (χ3n) is 6.49. The fraction of sp³-hybridized carbons (Fsp3) is 0.318. The van der Waals surface area contributed by atoms with E-state index >= 15 is 0 Å². The minimum Gasteiger partial charge on any atom is -0.505 e. The van der Waals surface area contributed by atoms with Gasteiger partial charge in [-0.05, 0) is 35.7 Å². The Morgan fingerprint density at radius 2 is 1.81 bits per heavy atom. The number of aromatic amines is 1. The molecule has 0 saturated carbocycles. The Morgan fingerprint density at radius 1 is 1.12 bits per heavy atom. The molecule has 0 saturated heterocycles. The molecule has 32 heavy (non-hydrogen) atoms. The van der Waals surface area contributed by atoms with Crippen LogP contribution in [0.4, 0.5) is 27.6 Å². The lowest BCUT2D eigenvalue weighted by atomic mass is 9.64. The van der Waals surface area contributed by atoms with E-state index in [1.165, 1.54) is 37.4 Å². The number of aromatic hydroxyl groups is 1. The zero-order valence-corrected chi connectivity index (χ0v) is 16.9. The van der Waals surface area contributed by atoms with E-state index in [9.17, 15) is 37.0 Å². The van der Waals surface area contributed by atoms with Crippen molar-refractivity contribution < 1.29 is 32.2 Å². The van der Waals surface area contributed by atoms with Crippen molar-refractivity contribution >= 4 is 16.5 Å². The molecule has 5 nitrogen and oxygen atoms in total. The number of H-pyrrole nitrogens is 1. The molecule has 0 spiro atoms. The summed E-state index contributed by atoms with van der Waals surface area (Å²) in [6, 6.07) is 4.32. The van der Waals surface area contributed by atoms with Crippen LogP contribution in [0.25, 0.3) is 10.8 Å². The normalized spacial score (nSPS) is 25.6. The lowest BCUT2D eigenvalue weighted by Gasteiger charge is -2.49. The highest BCUT2D eigenvalue weighted by atomic mass is 19.4. The zero-order chi connectivity index (χ0) is 23.6. The van der Waals surface area contributed by atoms with Gasteiger partial charge in [0.2, 0.25) is 5.82 Å². The van der Waals surface area contributed by atoms with Crippen molar-refractivity contribution in [2.24, 2.45) is 5.92 Å². The molecule has 3 aromatic rings. The molecule has 1 heterocycles. The van der Waals surface area contributed by atoms with E-state index in [4.69, 9.17) is 0 Å². The molecule has 10 heteroatoms. The summed E-state index contributed by atoms with van der Waals surface area (Å²) >= 11 is 0. The van der Waals surface area contributed by atoms with Crippen LogP contribution in [0.1, 0.15) is 36.9 Å². The van der Waals surface area contributed by atoms with Gasteiger partial charge in [-0.15, -0.1) is 0 Å². The quantitative estimate of drug-likeness (QED) is 0.423. The number of fused-ring (bicyclic) bond motifs is 2. The number of rotatable bonds is 2. The van der Waals surface area contributed by atoms with E-state index in [0.717, 1.165) is 6.92 Å². The molecular weight excluding hydrogens is 435 g/mol. The van der Waals surface area contributed by atoms with Crippen LogP contribution in [0.15, 0.2) is 41.3 Å². The summed E-state index contributed by atoms with van der Waals surface area (Å²) < 4.78 is 71.1. The first kappa shape index (κ1) is 22.1. The van der Waals surface area contributed by atoms with Gasteiger partial charge in [0.15, 0.2) is 17.2 Å². The minimum absolute atomic E-state index is 0.0678. The number of alkyl halides is 3. The SMILES string of the molecule is CC1c2c(cc(F)c(F)c2O)C(Nc2cccc3c(=O)[nH]ccc23)C(O)(C(F)(F)F)C1C. The van der Waals surface area contributed by atoms with Gasteiger partial charge in [0.25, 0.3) is 5.56 Å². The van der Waals surface area contributed by atoms with Crippen molar-refractivity contribution in [1.82, 2.24) is 4.98 Å². The highest BCUT2D eigenvalue weighted by Gasteiger charge is 2.66. The van der Waals surface area contributed by atoms with Crippen LogP contribution in [0.3, 0.4) is 0 Å². The minimum atomic E-state index is -5.17. The third kappa shape index (κ3) is 2.96. The largest absolute Gasteiger partial charge is 0.505 e. The Bertz CT molecular complexity index is 1270. The highest BCUT2D eigenvalue weighted by Crippen LogP contribution is 2.57. The van der Waals surface area contributed by atoms with Crippen LogP contribution < -0.4 is 10.9 Å². The summed E-state index contributed by atoms with van der Waals surface area (Å²) in [5.74, 6) is -6.91. The van der Waals surface area contributed by atoms with Crippen LogP contribution in [-0.2, 0) is 0 Å². The van der Waals surface area contributed by atoms with Crippen molar-refractivity contribution in [1.29, 1.82) is 0 Å². The number of anilines is 1. The van der Waals surface area contributed by atoms with E-state index in [2.05, 4.69) is 10.3 Å². The number of aromatic nitrogens is 1. The van der Waals surface area contributed by atoms with Crippen LogP contribution >= 0.6 is 0 Å². The number of pyridine rings is 1. The van der Waals surface area contributed by atoms with Crippen LogP contribution in [0.2, 0.25) is 0 Å². The second-order valence-electron chi connectivity index (χ2n) is 8.08. The molecule has 1 aliphatic rings. The van der Waals surface area contributed by atoms with Crippen molar-refractivity contribution in [3.8, 4) is 5.75 Å². The van der Waals surface area contributed by atoms with E-state index < -0.39 is 58.2 Å². The number of nitrogens with one attached hydrogen (secondary N) is 2. The molecule has 4 rings (SSSR count). The molecule has 2 aromatic carbocycles. The Kier molecular flexibility index (Phi) is 4.96. The van der Waals surface area contributed by atoms with Gasteiger partial charge in [0, 0.05) is 34.1 Å². The van der Waals surface area contributed by atoms with E-state index in [0.29, 0.717) is 6.07 Å². The van der Waals surface area contributed by atoms with E-state index in [1.54, 1.807) is 0 Å². The number of halogens is 5. The summed E-state index contributed by atoms with van der Waals surface area (Å²) in [7, 11) is 0. The molecule has 1 aromatic heterocycles. The molecular formula is C22H19F5N2O3. The van der Waals surface area contributed by atoms with Gasteiger partial charge in [0.05, 0.1) is 6.04 Å². The summed E-state index contributed by atoms with van der Waals surface area (Å²) in [5.41, 5.74) is -4.46. The van der Waals surface area contributed by atoms with E-state index in [-0.39, 0.29) is 22.0 Å². The maximum absolute atomic E-state index is 14.3. The highest BCUT2D eigenvalue weighted by molar-refractivity contribution is 5.93. The Balaban J connectivity index is 2.01. The first-order chi connectivity index (χ1) is 14.9. The van der Waals surface area contributed by atoms with Gasteiger partial charge in [-0.25, -0.2) is 4.39 Å². The average Bonchev–Trinajstić information content (AvgIpc) is 2.73. The Labute approximate surface area is 178 Å². The maximum Gasteiger partial charge on any atom is 0.419 e. The smallest absolute Gasteiger partial charge is 0.419 e. The Morgan fingerprint density at radius 3 is 2.47 bits per heavy atom. The first-order valence-corrected chi connectivity index (χ1v) is 9.76. The molecule has 170 valence electrons. The number of hydrogen-bond acceptors (Lipinski definition) is 4. The molecule has 0 fully saturated rings. The maximum atomic E-state index is 14.3. The lowest BCUT2D eigenvalue weighted by Crippen LogP contribution is -2.60. The lowest BCUT2D eigenvalue weighted by molar-refractivity contribution is -0.289. The molecule has 4 atom stereocenters. The Hall–Kier alpha value is -3.14. The number of hydrogen-bond donors (Lipinski definition) is 4. The first-order valence-electron chi connectivity index (χ1n) is 9.76. The van der Waals surface area contributed by atoms with Gasteiger partial charge in [0.1, 0.15) is 0 Å². The van der Waals surface area contributed by atoms with Crippen molar-refractivity contribution in [3.05, 3.63) is 69.6 Å². The number of benzene rings is 2. The van der Waals surface area contributed by atoms with Gasteiger partial charge in [-0.3, -0.25) is 4.79 Å². The average molecular weight is 454 g/mol. The van der Waals surface area contributed by atoms with E-state index in [1.807, 2.05) is 0 Å². The number of aliphatic hydroxyl groups is 1. The molecule has 0 radical (unpaired) electrons. The molecule has 4 N–H and O–H groups in total. The molecule has 0 bridgehead atoms. The molecule has 1 aliphatic carbocycles. The van der Waals surface area contributed by atoms with Crippen molar-refractivity contribution in [2.45, 2.75) is 37.6 Å². The fourth-order valence-electron chi connectivity index (χ4n) is 4.61. The van der Waals surface area contributed by atoms with Gasteiger partial charge in [-0.2, -0.15) is 17.6 Å². The second-order valence-corrected chi connectivity index (χ2v) is 8.08. The standard InChI is InChI=1S/C22H19F5N2O3/c1-9-10(2)21(32,22(25,26)27)19(13-8-14(23)17(24)18(30)16(9)13)29-15-5-3-4-12-11(15)6-7-28-20(12)31/h3-10,19,29-30,32H,1-2H3,(H,28,31). The second kappa shape index (κ2) is 7.19. The third-order valence-corrected chi connectivity index (χ3v) is 6.49. The summed E-state index contributed by atoms with van der Waals surface area (Å²) in [6.07, 6.45) is -3.86. The molecule has 0 aliphatic heterocycles. The van der Waals surface area contributed by atoms with Crippen LogP contribution in [0, 0.1) is 17.6 Å². The number of phenolic OH excluding ortho intramolecular Hbond substituents is 1. The fourth-order valence-corrected chi connectivity index (χ4v) is 4.61. The van der Waals surface area contributed by atoms with Crippen molar-refractivity contribution in [3.63, 3.8) is 0 Å². The number of phenols is 1.